The average Bonchev–Trinajstić information content (AvgIpc) is 3.01. The molecule has 0 saturated carbocycles. The molecule has 0 bridgehead atoms. The van der Waals surface area contributed by atoms with Gasteiger partial charge in [-0.1, -0.05) is 0 Å². The molecule has 2 heterocycles. The lowest BCUT2D eigenvalue weighted by molar-refractivity contribution is -0.129. The Bertz CT molecular complexity index is 439. The monoisotopic (exact) mass is 280 g/mol. The highest BCUT2D eigenvalue weighted by Gasteiger charge is 2.18. The highest BCUT2D eigenvalue weighted by atomic mass is 16.5. The Morgan fingerprint density at radius 1 is 1.25 bits per heavy atom. The second kappa shape index (κ2) is 7.04. The fraction of sp³-hybridized carbons (Fsp3) is 0.615. The first kappa shape index (κ1) is 14.5. The van der Waals surface area contributed by atoms with Crippen molar-refractivity contribution in [2.24, 2.45) is 0 Å². The molecule has 1 N–H and O–H groups in total. The fourth-order valence-electron chi connectivity index (χ4n) is 2.26. The van der Waals surface area contributed by atoms with Gasteiger partial charge < -0.3 is 19.7 Å². The average molecular weight is 280 g/mol. The molecule has 1 aromatic rings. The van der Waals surface area contributed by atoms with Gasteiger partial charge in [-0.05, 0) is 12.8 Å². The number of carbonyl (C=O) groups is 1. The van der Waals surface area contributed by atoms with Crippen molar-refractivity contribution >= 4 is 5.91 Å². The van der Waals surface area contributed by atoms with Gasteiger partial charge in [0.2, 0.25) is 17.7 Å². The lowest BCUT2D eigenvalue weighted by atomic mass is 10.3. The molecule has 0 radical (unpaired) electrons. The zero-order chi connectivity index (χ0) is 14.4. The topological polar surface area (TPSA) is 76.6 Å². The number of rotatable bonds is 6. The molecular weight excluding hydrogens is 260 g/mol. The van der Waals surface area contributed by atoms with Gasteiger partial charge in [-0.3, -0.25) is 4.79 Å². The quantitative estimate of drug-likeness (QED) is 0.802. The minimum Gasteiger partial charge on any atom is -0.481 e. The van der Waals surface area contributed by atoms with Gasteiger partial charge in [0.25, 0.3) is 0 Å². The van der Waals surface area contributed by atoms with Crippen molar-refractivity contribution in [1.82, 2.24) is 20.2 Å². The molecule has 0 unspecified atom stereocenters. The van der Waals surface area contributed by atoms with Crippen molar-refractivity contribution in [3.63, 3.8) is 0 Å². The van der Waals surface area contributed by atoms with E-state index in [1.807, 2.05) is 4.90 Å². The van der Waals surface area contributed by atoms with Gasteiger partial charge in [0.05, 0.1) is 26.3 Å². The zero-order valence-electron chi connectivity index (χ0n) is 11.9. The van der Waals surface area contributed by atoms with Gasteiger partial charge in [-0.25, -0.2) is 9.97 Å². The summed E-state index contributed by atoms with van der Waals surface area (Å²) < 4.78 is 10.4. The molecular formula is C13H20N4O3. The van der Waals surface area contributed by atoms with Crippen LogP contribution in [0.25, 0.3) is 0 Å². The van der Waals surface area contributed by atoms with Crippen molar-refractivity contribution in [2.75, 3.05) is 33.9 Å². The van der Waals surface area contributed by atoms with E-state index < -0.39 is 0 Å². The number of methoxy groups -OCH3 is 2. The van der Waals surface area contributed by atoms with E-state index in [9.17, 15) is 4.79 Å². The number of aromatic nitrogens is 2. The SMILES string of the molecule is COc1ncnc(OC)c1CNCC(=O)N1CCCC1. The van der Waals surface area contributed by atoms with Crippen LogP contribution in [0.5, 0.6) is 11.8 Å². The van der Waals surface area contributed by atoms with Gasteiger partial charge in [0.15, 0.2) is 0 Å². The van der Waals surface area contributed by atoms with E-state index in [-0.39, 0.29) is 5.91 Å². The van der Waals surface area contributed by atoms with Crippen LogP contribution in [0.1, 0.15) is 18.4 Å². The standard InChI is InChI=1S/C13H20N4O3/c1-19-12-10(13(20-2)16-9-15-12)7-14-8-11(18)17-5-3-4-6-17/h9,14H,3-8H2,1-2H3. The molecule has 20 heavy (non-hydrogen) atoms. The van der Waals surface area contributed by atoms with Crippen LogP contribution in [0.4, 0.5) is 0 Å². The van der Waals surface area contributed by atoms with Crippen molar-refractivity contribution in [3.05, 3.63) is 11.9 Å². The van der Waals surface area contributed by atoms with E-state index in [1.165, 1.54) is 6.33 Å². The Balaban J connectivity index is 1.91. The van der Waals surface area contributed by atoms with Crippen LogP contribution in [0, 0.1) is 0 Å². The maximum Gasteiger partial charge on any atom is 0.236 e. The molecule has 0 spiro atoms. The molecule has 7 heteroatoms. The molecule has 7 nitrogen and oxygen atoms in total. The first-order chi connectivity index (χ1) is 9.76. The second-order valence-electron chi connectivity index (χ2n) is 4.56. The van der Waals surface area contributed by atoms with E-state index in [1.54, 1.807) is 14.2 Å². The summed E-state index contributed by atoms with van der Waals surface area (Å²) in [5.41, 5.74) is 0.715. The third kappa shape index (κ3) is 3.36. The normalized spacial score (nSPS) is 14.4. The van der Waals surface area contributed by atoms with E-state index in [0.717, 1.165) is 25.9 Å². The predicted octanol–water partition coefficient (Wildman–Crippen LogP) is 0.206. The molecule has 2 rings (SSSR count). The minimum atomic E-state index is 0.122. The van der Waals surface area contributed by atoms with E-state index in [2.05, 4.69) is 15.3 Å². The summed E-state index contributed by atoms with van der Waals surface area (Å²) in [6.07, 6.45) is 3.58. The smallest absolute Gasteiger partial charge is 0.236 e. The van der Waals surface area contributed by atoms with Gasteiger partial charge in [0.1, 0.15) is 6.33 Å². The fourth-order valence-corrected chi connectivity index (χ4v) is 2.26. The Kier molecular flexibility index (Phi) is 5.11. The van der Waals surface area contributed by atoms with Crippen molar-refractivity contribution in [3.8, 4) is 11.8 Å². The van der Waals surface area contributed by atoms with Crippen molar-refractivity contribution in [1.29, 1.82) is 0 Å². The first-order valence-electron chi connectivity index (χ1n) is 6.66. The number of carbonyl (C=O) groups excluding carboxylic acids is 1. The summed E-state index contributed by atoms with van der Waals surface area (Å²) in [6.45, 7) is 2.44. The largest absolute Gasteiger partial charge is 0.481 e. The van der Waals surface area contributed by atoms with E-state index in [0.29, 0.717) is 30.4 Å². The third-order valence-corrected chi connectivity index (χ3v) is 3.29. The summed E-state index contributed by atoms with van der Waals surface area (Å²) in [5.74, 6) is 1.04. The van der Waals surface area contributed by atoms with E-state index >= 15 is 0 Å². The number of hydrogen-bond acceptors (Lipinski definition) is 6. The lowest BCUT2D eigenvalue weighted by Crippen LogP contribution is -2.36. The molecule has 0 aliphatic carbocycles. The molecule has 1 aliphatic heterocycles. The van der Waals surface area contributed by atoms with E-state index in [4.69, 9.17) is 9.47 Å². The number of likely N-dealkylation sites (tertiary alicyclic amines) is 1. The van der Waals surface area contributed by atoms with Crippen molar-refractivity contribution in [2.45, 2.75) is 19.4 Å². The summed E-state index contributed by atoms with van der Waals surface area (Å²) in [7, 11) is 3.08. The maximum atomic E-state index is 11.9. The highest BCUT2D eigenvalue weighted by Crippen LogP contribution is 2.22. The Morgan fingerprint density at radius 3 is 2.40 bits per heavy atom. The number of amides is 1. The molecule has 1 aromatic heterocycles. The van der Waals surface area contributed by atoms with Crippen LogP contribution in [0.15, 0.2) is 6.33 Å². The van der Waals surface area contributed by atoms with Crippen LogP contribution >= 0.6 is 0 Å². The Morgan fingerprint density at radius 2 is 1.85 bits per heavy atom. The number of hydrogen-bond donors (Lipinski definition) is 1. The van der Waals surface area contributed by atoms with Crippen LogP contribution < -0.4 is 14.8 Å². The number of nitrogens with zero attached hydrogens (tertiary/aromatic N) is 3. The maximum absolute atomic E-state index is 11.9. The Hall–Kier alpha value is -1.89. The molecule has 0 aromatic carbocycles. The summed E-state index contributed by atoms with van der Waals surface area (Å²) >= 11 is 0. The summed E-state index contributed by atoms with van der Waals surface area (Å²) in [6, 6.07) is 0. The van der Waals surface area contributed by atoms with Gasteiger partial charge in [-0.15, -0.1) is 0 Å². The van der Waals surface area contributed by atoms with Gasteiger partial charge >= 0.3 is 0 Å². The molecule has 1 fully saturated rings. The first-order valence-corrected chi connectivity index (χ1v) is 6.66. The highest BCUT2D eigenvalue weighted by molar-refractivity contribution is 5.78. The van der Waals surface area contributed by atoms with Crippen LogP contribution in [-0.2, 0) is 11.3 Å². The minimum absolute atomic E-state index is 0.122. The molecule has 1 aliphatic rings. The second-order valence-corrected chi connectivity index (χ2v) is 4.56. The predicted molar refractivity (Wildman–Crippen MR) is 72.7 cm³/mol. The molecule has 1 amide bonds. The van der Waals surface area contributed by atoms with Gasteiger partial charge in [-0.2, -0.15) is 0 Å². The number of ether oxygens (including phenoxy) is 2. The summed E-state index contributed by atoms with van der Waals surface area (Å²) in [4.78, 5) is 21.9. The molecule has 1 saturated heterocycles. The molecule has 110 valence electrons. The zero-order valence-corrected chi connectivity index (χ0v) is 11.9. The summed E-state index contributed by atoms with van der Waals surface area (Å²) in [5, 5.41) is 3.10. The third-order valence-electron chi connectivity index (χ3n) is 3.29. The van der Waals surface area contributed by atoms with Crippen LogP contribution in [0.3, 0.4) is 0 Å². The van der Waals surface area contributed by atoms with Crippen LogP contribution in [0.2, 0.25) is 0 Å². The van der Waals surface area contributed by atoms with Crippen molar-refractivity contribution < 1.29 is 14.3 Å². The number of nitrogens with one attached hydrogen (secondary N) is 1. The Labute approximate surface area is 118 Å². The molecule has 0 atom stereocenters. The van der Waals surface area contributed by atoms with Crippen LogP contribution in [-0.4, -0.2) is 54.6 Å². The van der Waals surface area contributed by atoms with Gasteiger partial charge in [0, 0.05) is 19.6 Å². The lowest BCUT2D eigenvalue weighted by Gasteiger charge is -2.16.